The van der Waals surface area contributed by atoms with Crippen LogP contribution in [0.4, 0.5) is 0 Å². The number of nitrogens with zero attached hydrogens (tertiary/aromatic N) is 1. The summed E-state index contributed by atoms with van der Waals surface area (Å²) in [4.78, 5) is 3.92. The number of hydrogen-bond acceptors (Lipinski definition) is 3. The average molecular weight is 291 g/mol. The maximum absolute atomic E-state index is 8.81. The summed E-state index contributed by atoms with van der Waals surface area (Å²) < 4.78 is 0. The first-order chi connectivity index (χ1) is 9.83. The van der Waals surface area contributed by atoms with Crippen molar-refractivity contribution in [1.29, 1.82) is 0 Å². The molecule has 1 unspecified atom stereocenters. The van der Waals surface area contributed by atoms with E-state index in [1.54, 1.807) is 11.3 Å². The Balaban J connectivity index is 1.91. The Bertz CT molecular complexity index is 457. The second kappa shape index (κ2) is 8.46. The van der Waals surface area contributed by atoms with E-state index in [4.69, 9.17) is 5.11 Å². The Labute approximate surface area is 126 Å². The third-order valence-electron chi connectivity index (χ3n) is 4.05. The Morgan fingerprint density at radius 2 is 2.30 bits per heavy atom. The highest BCUT2D eigenvalue weighted by Gasteiger charge is 2.17. The normalized spacial score (nSPS) is 20.2. The number of hydrogen-bond donors (Lipinski definition) is 1. The van der Waals surface area contributed by atoms with Crippen LogP contribution in [0.3, 0.4) is 0 Å². The Morgan fingerprint density at radius 1 is 1.40 bits per heavy atom. The topological polar surface area (TPSA) is 23.5 Å². The lowest BCUT2D eigenvalue weighted by molar-refractivity contribution is 0.273. The van der Waals surface area contributed by atoms with Crippen molar-refractivity contribution in [2.24, 2.45) is 5.92 Å². The number of rotatable bonds is 4. The SMILES string of the molecule is CCCC1CCCN(Cc2sccc2C#CCO)CC1. The summed E-state index contributed by atoms with van der Waals surface area (Å²) in [6, 6.07) is 2.07. The molecule has 20 heavy (non-hydrogen) atoms. The molecular formula is C17H25NOS. The molecule has 0 radical (unpaired) electrons. The zero-order valence-corrected chi connectivity index (χ0v) is 13.2. The minimum atomic E-state index is -0.0578. The molecule has 1 aromatic rings. The van der Waals surface area contributed by atoms with E-state index < -0.39 is 0 Å². The van der Waals surface area contributed by atoms with Crippen LogP contribution in [0.2, 0.25) is 0 Å². The van der Waals surface area contributed by atoms with Gasteiger partial charge in [0, 0.05) is 17.0 Å². The molecule has 1 aliphatic rings. The lowest BCUT2D eigenvalue weighted by Crippen LogP contribution is -2.24. The van der Waals surface area contributed by atoms with Crippen LogP contribution in [0, 0.1) is 17.8 Å². The van der Waals surface area contributed by atoms with Crippen molar-refractivity contribution in [2.75, 3.05) is 19.7 Å². The summed E-state index contributed by atoms with van der Waals surface area (Å²) in [6.07, 6.45) is 6.77. The van der Waals surface area contributed by atoms with Crippen molar-refractivity contribution in [3.05, 3.63) is 21.9 Å². The van der Waals surface area contributed by atoms with Crippen molar-refractivity contribution >= 4 is 11.3 Å². The molecule has 2 rings (SSSR count). The van der Waals surface area contributed by atoms with E-state index in [1.165, 1.54) is 50.1 Å². The smallest absolute Gasteiger partial charge is 0.104 e. The van der Waals surface area contributed by atoms with Gasteiger partial charge in [0.15, 0.2) is 0 Å². The van der Waals surface area contributed by atoms with Gasteiger partial charge >= 0.3 is 0 Å². The van der Waals surface area contributed by atoms with E-state index in [-0.39, 0.29) is 6.61 Å². The first kappa shape index (κ1) is 15.6. The van der Waals surface area contributed by atoms with E-state index in [0.717, 1.165) is 18.0 Å². The van der Waals surface area contributed by atoms with Gasteiger partial charge in [-0.15, -0.1) is 11.3 Å². The van der Waals surface area contributed by atoms with E-state index >= 15 is 0 Å². The first-order valence-electron chi connectivity index (χ1n) is 7.72. The summed E-state index contributed by atoms with van der Waals surface area (Å²) in [6.45, 7) is 5.69. The van der Waals surface area contributed by atoms with Crippen LogP contribution in [0.1, 0.15) is 49.5 Å². The molecule has 110 valence electrons. The Hall–Kier alpha value is -0.820. The standard InChI is InChI=1S/C17H25NOS/c1-2-5-15-6-3-10-18(11-8-15)14-17-16(7-4-12-19)9-13-20-17/h9,13,15,19H,2-3,5-6,8,10-12,14H2,1H3. The Kier molecular flexibility index (Phi) is 6.59. The molecule has 1 saturated heterocycles. The molecule has 1 aromatic heterocycles. The molecule has 2 nitrogen and oxygen atoms in total. The van der Waals surface area contributed by atoms with Gasteiger partial charge in [-0.05, 0) is 49.7 Å². The predicted molar refractivity (Wildman–Crippen MR) is 85.8 cm³/mol. The first-order valence-corrected chi connectivity index (χ1v) is 8.60. The zero-order valence-electron chi connectivity index (χ0n) is 12.4. The van der Waals surface area contributed by atoms with Crippen LogP contribution in [0.15, 0.2) is 11.4 Å². The maximum Gasteiger partial charge on any atom is 0.104 e. The van der Waals surface area contributed by atoms with Gasteiger partial charge in [-0.25, -0.2) is 0 Å². The monoisotopic (exact) mass is 291 g/mol. The largest absolute Gasteiger partial charge is 0.384 e. The highest BCUT2D eigenvalue weighted by Crippen LogP contribution is 2.24. The molecule has 0 aliphatic carbocycles. The van der Waals surface area contributed by atoms with Gasteiger partial charge < -0.3 is 5.11 Å². The van der Waals surface area contributed by atoms with E-state index in [1.807, 2.05) is 0 Å². The summed E-state index contributed by atoms with van der Waals surface area (Å²) in [5, 5.41) is 10.9. The van der Waals surface area contributed by atoms with Gasteiger partial charge in [0.2, 0.25) is 0 Å². The summed E-state index contributed by atoms with van der Waals surface area (Å²) in [5.41, 5.74) is 1.10. The second-order valence-electron chi connectivity index (χ2n) is 5.58. The van der Waals surface area contributed by atoms with E-state index in [0.29, 0.717) is 0 Å². The number of thiophene rings is 1. The molecule has 0 aromatic carbocycles. The van der Waals surface area contributed by atoms with Crippen LogP contribution in [-0.2, 0) is 6.54 Å². The van der Waals surface area contributed by atoms with Crippen LogP contribution < -0.4 is 0 Å². The molecule has 1 aliphatic heterocycles. The molecule has 0 saturated carbocycles. The van der Waals surface area contributed by atoms with Gasteiger partial charge in [-0.3, -0.25) is 4.90 Å². The van der Waals surface area contributed by atoms with Gasteiger partial charge in [0.1, 0.15) is 6.61 Å². The molecule has 3 heteroatoms. The Morgan fingerprint density at radius 3 is 3.10 bits per heavy atom. The molecule has 1 atom stereocenters. The minimum absolute atomic E-state index is 0.0578. The molecule has 1 fully saturated rings. The van der Waals surface area contributed by atoms with Crippen molar-refractivity contribution in [2.45, 2.75) is 45.6 Å². The lowest BCUT2D eigenvalue weighted by atomic mass is 9.96. The van der Waals surface area contributed by atoms with Crippen LogP contribution in [0.5, 0.6) is 0 Å². The number of aliphatic hydroxyl groups is 1. The molecule has 0 spiro atoms. The van der Waals surface area contributed by atoms with E-state index in [2.05, 4.69) is 35.1 Å². The fourth-order valence-corrected chi connectivity index (χ4v) is 3.86. The zero-order chi connectivity index (χ0) is 14.2. The van der Waals surface area contributed by atoms with Crippen molar-refractivity contribution in [3.8, 4) is 11.8 Å². The maximum atomic E-state index is 8.81. The van der Waals surface area contributed by atoms with Crippen LogP contribution in [0.25, 0.3) is 0 Å². The lowest BCUT2D eigenvalue weighted by Gasteiger charge is -2.19. The summed E-state index contributed by atoms with van der Waals surface area (Å²) >= 11 is 1.79. The third-order valence-corrected chi connectivity index (χ3v) is 4.96. The second-order valence-corrected chi connectivity index (χ2v) is 6.58. The van der Waals surface area contributed by atoms with Gasteiger partial charge in [-0.1, -0.05) is 31.6 Å². The fraction of sp³-hybridized carbons (Fsp3) is 0.647. The summed E-state index contributed by atoms with van der Waals surface area (Å²) in [7, 11) is 0. The average Bonchev–Trinajstić information content (AvgIpc) is 2.77. The van der Waals surface area contributed by atoms with Crippen molar-refractivity contribution in [1.82, 2.24) is 4.90 Å². The third kappa shape index (κ3) is 4.63. The number of aliphatic hydroxyl groups excluding tert-OH is 1. The molecule has 0 amide bonds. The molecular weight excluding hydrogens is 266 g/mol. The summed E-state index contributed by atoms with van der Waals surface area (Å²) in [5.74, 6) is 6.75. The predicted octanol–water partition coefficient (Wildman–Crippen LogP) is 3.49. The van der Waals surface area contributed by atoms with Crippen molar-refractivity contribution in [3.63, 3.8) is 0 Å². The molecule has 2 heterocycles. The molecule has 1 N–H and O–H groups in total. The highest BCUT2D eigenvalue weighted by atomic mass is 32.1. The molecule has 0 bridgehead atoms. The van der Waals surface area contributed by atoms with Gasteiger partial charge in [0.25, 0.3) is 0 Å². The van der Waals surface area contributed by atoms with Gasteiger partial charge in [0.05, 0.1) is 0 Å². The van der Waals surface area contributed by atoms with Gasteiger partial charge in [-0.2, -0.15) is 0 Å². The van der Waals surface area contributed by atoms with Crippen LogP contribution >= 0.6 is 11.3 Å². The van der Waals surface area contributed by atoms with Crippen molar-refractivity contribution < 1.29 is 5.11 Å². The quantitative estimate of drug-likeness (QED) is 0.858. The highest BCUT2D eigenvalue weighted by molar-refractivity contribution is 7.10. The number of likely N-dealkylation sites (tertiary alicyclic amines) is 1. The van der Waals surface area contributed by atoms with Crippen LogP contribution in [-0.4, -0.2) is 29.7 Å². The fourth-order valence-electron chi connectivity index (χ4n) is 2.99. The van der Waals surface area contributed by atoms with E-state index in [9.17, 15) is 0 Å². The minimum Gasteiger partial charge on any atom is -0.384 e.